The van der Waals surface area contributed by atoms with E-state index in [4.69, 9.17) is 4.98 Å². The molecule has 0 radical (unpaired) electrons. The number of aryl methyl sites for hydroxylation is 3. The fraction of sp³-hybridized carbons (Fsp3) is 0.250. The third-order valence-corrected chi connectivity index (χ3v) is 5.79. The van der Waals surface area contributed by atoms with E-state index in [0.29, 0.717) is 11.5 Å². The Hall–Kier alpha value is -3.74. The molecule has 3 aromatic heterocycles. The molecule has 1 aliphatic carbocycles. The minimum atomic E-state index is -0.752. The first kappa shape index (κ1) is 19.2. The van der Waals surface area contributed by atoms with E-state index in [2.05, 4.69) is 10.4 Å². The summed E-state index contributed by atoms with van der Waals surface area (Å²) < 4.78 is 3.14. The third-order valence-electron chi connectivity index (χ3n) is 5.79. The van der Waals surface area contributed by atoms with Gasteiger partial charge in [0.15, 0.2) is 0 Å². The van der Waals surface area contributed by atoms with Crippen LogP contribution in [0.1, 0.15) is 36.2 Å². The molecule has 31 heavy (non-hydrogen) atoms. The quantitative estimate of drug-likeness (QED) is 0.555. The highest BCUT2D eigenvalue weighted by atomic mass is 16.2. The maximum absolute atomic E-state index is 13.2. The first-order valence-corrected chi connectivity index (χ1v) is 10.5. The number of nitrogens with zero attached hydrogens (tertiary/aromatic N) is 4. The molecule has 0 spiro atoms. The standard InChI is InChI=1S/C24H23N5O2/c1-15-7-5-9-18(13-15)22-23(28-12-4-3-11-20(28)25-22)26-24(31)16(2)29-21(30)14-17-8-6-10-19(17)27-29/h3-5,7,9,11-14,16H,6,8,10H2,1-2H3,(H,26,31). The van der Waals surface area contributed by atoms with Crippen molar-refractivity contribution in [2.75, 3.05) is 5.32 Å². The fourth-order valence-corrected chi connectivity index (χ4v) is 4.13. The molecule has 1 aliphatic rings. The molecular formula is C24H23N5O2. The lowest BCUT2D eigenvalue weighted by molar-refractivity contribution is -0.119. The lowest BCUT2D eigenvalue weighted by atomic mass is 10.1. The summed E-state index contributed by atoms with van der Waals surface area (Å²) in [5, 5.41) is 7.48. The van der Waals surface area contributed by atoms with Crippen LogP contribution in [0.2, 0.25) is 0 Å². The molecule has 4 aromatic rings. The maximum atomic E-state index is 13.2. The number of rotatable bonds is 4. The van der Waals surface area contributed by atoms with Crippen LogP contribution in [0.25, 0.3) is 16.9 Å². The minimum absolute atomic E-state index is 0.250. The Morgan fingerprint density at radius 2 is 2.00 bits per heavy atom. The van der Waals surface area contributed by atoms with Crippen molar-refractivity contribution in [2.45, 2.75) is 39.2 Å². The molecule has 1 unspecified atom stereocenters. The summed E-state index contributed by atoms with van der Waals surface area (Å²) in [5.74, 6) is 0.263. The Kier molecular flexibility index (Phi) is 4.66. The van der Waals surface area contributed by atoms with Crippen LogP contribution >= 0.6 is 0 Å². The van der Waals surface area contributed by atoms with Crippen molar-refractivity contribution in [1.82, 2.24) is 19.2 Å². The smallest absolute Gasteiger partial charge is 0.267 e. The van der Waals surface area contributed by atoms with Crippen molar-refractivity contribution in [3.8, 4) is 11.3 Å². The average molecular weight is 413 g/mol. The van der Waals surface area contributed by atoms with Crippen LogP contribution in [-0.2, 0) is 17.6 Å². The summed E-state index contributed by atoms with van der Waals surface area (Å²) in [4.78, 5) is 30.5. The summed E-state index contributed by atoms with van der Waals surface area (Å²) in [5.41, 5.74) is 5.10. The Balaban J connectivity index is 1.54. The lowest BCUT2D eigenvalue weighted by Gasteiger charge is -2.16. The molecule has 7 heteroatoms. The number of pyridine rings is 1. The highest BCUT2D eigenvalue weighted by Crippen LogP contribution is 2.30. The lowest BCUT2D eigenvalue weighted by Crippen LogP contribution is -2.34. The number of nitrogens with one attached hydrogen (secondary N) is 1. The molecule has 3 heterocycles. The van der Waals surface area contributed by atoms with Crippen molar-refractivity contribution in [2.24, 2.45) is 0 Å². The zero-order valence-electron chi connectivity index (χ0n) is 17.5. The van der Waals surface area contributed by atoms with Gasteiger partial charge in [0.1, 0.15) is 23.2 Å². The molecule has 1 atom stereocenters. The number of amides is 1. The molecule has 1 N–H and O–H groups in total. The molecule has 7 nitrogen and oxygen atoms in total. The number of benzene rings is 1. The average Bonchev–Trinajstić information content (AvgIpc) is 3.37. The Morgan fingerprint density at radius 1 is 1.13 bits per heavy atom. The second-order valence-corrected chi connectivity index (χ2v) is 8.03. The second-order valence-electron chi connectivity index (χ2n) is 8.03. The van der Waals surface area contributed by atoms with Gasteiger partial charge in [0.2, 0.25) is 5.91 Å². The second kappa shape index (κ2) is 7.50. The van der Waals surface area contributed by atoms with Crippen LogP contribution in [0.5, 0.6) is 0 Å². The normalized spacial score (nSPS) is 13.9. The first-order chi connectivity index (χ1) is 15.0. The van der Waals surface area contributed by atoms with Gasteiger partial charge in [-0.05, 0) is 56.9 Å². The molecule has 1 aromatic carbocycles. The van der Waals surface area contributed by atoms with Crippen molar-refractivity contribution in [1.29, 1.82) is 0 Å². The van der Waals surface area contributed by atoms with Gasteiger partial charge in [0, 0.05) is 17.8 Å². The molecule has 0 fully saturated rings. The van der Waals surface area contributed by atoms with Crippen LogP contribution in [0.15, 0.2) is 59.5 Å². The molecule has 5 rings (SSSR count). The van der Waals surface area contributed by atoms with Gasteiger partial charge in [-0.1, -0.05) is 29.8 Å². The fourth-order valence-electron chi connectivity index (χ4n) is 4.13. The number of carbonyl (C=O) groups excluding carboxylic acids is 1. The predicted molar refractivity (Wildman–Crippen MR) is 119 cm³/mol. The molecule has 0 saturated heterocycles. The Labute approximate surface area is 179 Å². The topological polar surface area (TPSA) is 81.3 Å². The summed E-state index contributed by atoms with van der Waals surface area (Å²) >= 11 is 0. The zero-order valence-corrected chi connectivity index (χ0v) is 17.5. The summed E-state index contributed by atoms with van der Waals surface area (Å²) in [6.45, 7) is 3.71. The monoisotopic (exact) mass is 413 g/mol. The van der Waals surface area contributed by atoms with Crippen LogP contribution in [0, 0.1) is 6.92 Å². The molecule has 1 amide bonds. The molecule has 0 bridgehead atoms. The van der Waals surface area contributed by atoms with Crippen LogP contribution in [0.3, 0.4) is 0 Å². The zero-order chi connectivity index (χ0) is 21.5. The minimum Gasteiger partial charge on any atom is -0.308 e. The van der Waals surface area contributed by atoms with Gasteiger partial charge in [0.25, 0.3) is 5.56 Å². The highest BCUT2D eigenvalue weighted by Gasteiger charge is 2.24. The van der Waals surface area contributed by atoms with Crippen LogP contribution < -0.4 is 10.9 Å². The summed E-state index contributed by atoms with van der Waals surface area (Å²) in [6, 6.07) is 14.6. The van der Waals surface area contributed by atoms with Crippen molar-refractivity contribution in [3.05, 3.63) is 81.9 Å². The molecule has 156 valence electrons. The van der Waals surface area contributed by atoms with Gasteiger partial charge in [-0.3, -0.25) is 14.0 Å². The van der Waals surface area contributed by atoms with E-state index >= 15 is 0 Å². The number of fused-ring (bicyclic) bond motifs is 2. The Bertz CT molecular complexity index is 1370. The van der Waals surface area contributed by atoms with Gasteiger partial charge in [-0.15, -0.1) is 0 Å². The summed E-state index contributed by atoms with van der Waals surface area (Å²) in [6.07, 6.45) is 4.57. The van der Waals surface area contributed by atoms with Crippen molar-refractivity contribution < 1.29 is 4.79 Å². The van der Waals surface area contributed by atoms with Gasteiger partial charge < -0.3 is 5.32 Å². The highest BCUT2D eigenvalue weighted by molar-refractivity contribution is 5.96. The molecule has 0 aliphatic heterocycles. The van der Waals surface area contributed by atoms with E-state index < -0.39 is 6.04 Å². The van der Waals surface area contributed by atoms with Gasteiger partial charge in [0.05, 0.1) is 5.69 Å². The number of hydrogen-bond donors (Lipinski definition) is 1. The van der Waals surface area contributed by atoms with Crippen LogP contribution in [0.4, 0.5) is 5.82 Å². The molecular weight excluding hydrogens is 390 g/mol. The van der Waals surface area contributed by atoms with E-state index in [-0.39, 0.29) is 11.5 Å². The van der Waals surface area contributed by atoms with Crippen molar-refractivity contribution in [3.63, 3.8) is 0 Å². The number of anilines is 1. The maximum Gasteiger partial charge on any atom is 0.267 e. The number of carbonyl (C=O) groups is 1. The largest absolute Gasteiger partial charge is 0.308 e. The van der Waals surface area contributed by atoms with E-state index in [1.807, 2.05) is 60.0 Å². The van der Waals surface area contributed by atoms with Crippen molar-refractivity contribution >= 4 is 17.4 Å². The first-order valence-electron chi connectivity index (χ1n) is 10.5. The summed E-state index contributed by atoms with van der Waals surface area (Å²) in [7, 11) is 0. The van der Waals surface area contributed by atoms with E-state index in [1.54, 1.807) is 13.0 Å². The van der Waals surface area contributed by atoms with E-state index in [9.17, 15) is 9.59 Å². The van der Waals surface area contributed by atoms with Gasteiger partial charge in [-0.2, -0.15) is 5.10 Å². The molecule has 0 saturated carbocycles. The number of aromatic nitrogens is 4. The van der Waals surface area contributed by atoms with Gasteiger partial charge in [-0.25, -0.2) is 9.67 Å². The number of imidazole rings is 1. The van der Waals surface area contributed by atoms with Gasteiger partial charge >= 0.3 is 0 Å². The SMILES string of the molecule is Cc1cccc(-c2nc3ccccn3c2NC(=O)C(C)n2nc3c(cc2=O)CCC3)c1. The third kappa shape index (κ3) is 3.42. The number of hydrogen-bond acceptors (Lipinski definition) is 4. The predicted octanol–water partition coefficient (Wildman–Crippen LogP) is 3.55. The van der Waals surface area contributed by atoms with E-state index in [0.717, 1.165) is 47.3 Å². The van der Waals surface area contributed by atoms with Crippen LogP contribution in [-0.4, -0.2) is 25.1 Å². The Morgan fingerprint density at radius 3 is 2.84 bits per heavy atom. The van der Waals surface area contributed by atoms with E-state index in [1.165, 1.54) is 4.68 Å².